The van der Waals surface area contributed by atoms with E-state index >= 15 is 0 Å². The van der Waals surface area contributed by atoms with Crippen LogP contribution in [0.25, 0.3) is 5.57 Å². The molecule has 20 heavy (non-hydrogen) atoms. The topological polar surface area (TPSA) is 38.9 Å². The van der Waals surface area contributed by atoms with Crippen molar-refractivity contribution in [2.45, 2.75) is 18.2 Å². The third-order valence-electron chi connectivity index (χ3n) is 4.17. The van der Waals surface area contributed by atoms with Gasteiger partial charge in [-0.05, 0) is 41.5 Å². The Morgan fingerprint density at radius 2 is 2.30 bits per heavy atom. The van der Waals surface area contributed by atoms with E-state index in [1.807, 2.05) is 6.07 Å². The summed E-state index contributed by atoms with van der Waals surface area (Å²) >= 11 is 5.66. The molecule has 3 atom stereocenters. The molecule has 3 nitrogen and oxygen atoms in total. The monoisotopic (exact) mass is 290 g/mol. The molecule has 0 bridgehead atoms. The Kier molecular flexibility index (Phi) is 2.67. The highest BCUT2D eigenvalue weighted by Gasteiger charge is 2.55. The predicted molar refractivity (Wildman–Crippen MR) is 72.6 cm³/mol. The highest BCUT2D eigenvalue weighted by atomic mass is 35.5. The van der Waals surface area contributed by atoms with Gasteiger partial charge in [0.15, 0.2) is 5.82 Å². The zero-order valence-corrected chi connectivity index (χ0v) is 11.3. The Labute approximate surface area is 120 Å². The van der Waals surface area contributed by atoms with Crippen LogP contribution in [0.4, 0.5) is 4.39 Å². The normalized spacial score (nSPS) is 27.3. The lowest BCUT2D eigenvalue weighted by Gasteiger charge is -2.05. The zero-order valence-electron chi connectivity index (χ0n) is 10.6. The minimum Gasteiger partial charge on any atom is -0.338 e. The molecule has 0 saturated heterocycles. The minimum absolute atomic E-state index is 0.189. The van der Waals surface area contributed by atoms with Crippen LogP contribution in [0.1, 0.15) is 29.6 Å². The van der Waals surface area contributed by atoms with Gasteiger partial charge in [-0.2, -0.15) is 4.98 Å². The van der Waals surface area contributed by atoms with Crippen molar-refractivity contribution in [2.24, 2.45) is 11.8 Å². The Balaban J connectivity index is 1.54. The number of aromatic nitrogens is 2. The van der Waals surface area contributed by atoms with Gasteiger partial charge in [-0.3, -0.25) is 0 Å². The number of benzene rings is 1. The maximum atomic E-state index is 13.2. The standard InChI is InChI=1S/C15H12ClFN2O/c16-7-13-18-15(19-20-13)14-11-5-9(6-12(11)14)8-2-1-3-10(17)4-8/h1-5,11-12,14H,6-7H2. The molecular weight excluding hydrogens is 279 g/mol. The molecule has 0 amide bonds. The van der Waals surface area contributed by atoms with E-state index in [9.17, 15) is 4.39 Å². The smallest absolute Gasteiger partial charge is 0.241 e. The second kappa shape index (κ2) is 4.42. The maximum absolute atomic E-state index is 13.2. The third-order valence-corrected chi connectivity index (χ3v) is 4.40. The van der Waals surface area contributed by atoms with Gasteiger partial charge in [0.2, 0.25) is 5.89 Å². The molecule has 1 aromatic carbocycles. The van der Waals surface area contributed by atoms with Gasteiger partial charge in [0, 0.05) is 5.92 Å². The van der Waals surface area contributed by atoms with Crippen LogP contribution >= 0.6 is 11.6 Å². The molecule has 102 valence electrons. The SMILES string of the molecule is Fc1cccc(C2=CC3C(C2)C3c2noc(CCl)n2)c1. The summed E-state index contributed by atoms with van der Waals surface area (Å²) in [5.74, 6) is 2.60. The van der Waals surface area contributed by atoms with Gasteiger partial charge in [0.05, 0.1) is 0 Å². The molecule has 0 spiro atoms. The van der Waals surface area contributed by atoms with E-state index in [4.69, 9.17) is 16.1 Å². The molecule has 4 rings (SSSR count). The molecule has 1 fully saturated rings. The number of hydrogen-bond donors (Lipinski definition) is 0. The lowest BCUT2D eigenvalue weighted by atomic mass is 10.0. The van der Waals surface area contributed by atoms with Crippen molar-refractivity contribution in [3.05, 3.63) is 53.4 Å². The second-order valence-electron chi connectivity index (χ2n) is 5.35. The third kappa shape index (κ3) is 1.86. The summed E-state index contributed by atoms with van der Waals surface area (Å²) in [5, 5.41) is 3.98. The van der Waals surface area contributed by atoms with Crippen LogP contribution in [0.5, 0.6) is 0 Å². The van der Waals surface area contributed by atoms with E-state index in [2.05, 4.69) is 16.2 Å². The molecule has 0 N–H and O–H groups in total. The average molecular weight is 291 g/mol. The van der Waals surface area contributed by atoms with Crippen LogP contribution in [0, 0.1) is 17.7 Å². The van der Waals surface area contributed by atoms with Crippen molar-refractivity contribution >= 4 is 17.2 Å². The molecule has 2 aliphatic carbocycles. The lowest BCUT2D eigenvalue weighted by Crippen LogP contribution is -1.92. The first kappa shape index (κ1) is 12.1. The van der Waals surface area contributed by atoms with Crippen molar-refractivity contribution in [3.63, 3.8) is 0 Å². The van der Waals surface area contributed by atoms with Gasteiger partial charge in [0.25, 0.3) is 0 Å². The number of alkyl halides is 1. The Morgan fingerprint density at radius 1 is 1.40 bits per heavy atom. The van der Waals surface area contributed by atoms with Gasteiger partial charge >= 0.3 is 0 Å². The molecule has 3 unspecified atom stereocenters. The maximum Gasteiger partial charge on any atom is 0.241 e. The highest BCUT2D eigenvalue weighted by molar-refractivity contribution is 6.16. The van der Waals surface area contributed by atoms with E-state index in [-0.39, 0.29) is 11.7 Å². The van der Waals surface area contributed by atoms with Gasteiger partial charge in [0.1, 0.15) is 11.7 Å². The van der Waals surface area contributed by atoms with Crippen molar-refractivity contribution in [1.82, 2.24) is 10.1 Å². The summed E-state index contributed by atoms with van der Waals surface area (Å²) in [5.41, 5.74) is 2.20. The fraction of sp³-hybridized carbons (Fsp3) is 0.333. The number of nitrogens with zero attached hydrogens (tertiary/aromatic N) is 2. The number of halogens is 2. The summed E-state index contributed by atoms with van der Waals surface area (Å²) in [7, 11) is 0. The average Bonchev–Trinajstić information content (AvgIpc) is 2.87. The number of hydrogen-bond acceptors (Lipinski definition) is 3. The van der Waals surface area contributed by atoms with Crippen LogP contribution in [0.2, 0.25) is 0 Å². The Morgan fingerprint density at radius 3 is 2.95 bits per heavy atom. The van der Waals surface area contributed by atoms with Crippen molar-refractivity contribution < 1.29 is 8.91 Å². The molecule has 0 radical (unpaired) electrons. The van der Waals surface area contributed by atoms with Crippen LogP contribution < -0.4 is 0 Å². The largest absolute Gasteiger partial charge is 0.338 e. The molecule has 5 heteroatoms. The molecule has 1 heterocycles. The quantitative estimate of drug-likeness (QED) is 0.808. The van der Waals surface area contributed by atoms with Gasteiger partial charge in [-0.25, -0.2) is 4.39 Å². The number of rotatable bonds is 3. The molecule has 2 aromatic rings. The fourth-order valence-corrected chi connectivity index (χ4v) is 3.28. The predicted octanol–water partition coefficient (Wildman–Crippen LogP) is 3.76. The molecule has 2 aliphatic rings. The molecule has 1 saturated carbocycles. The molecular formula is C15H12ClFN2O. The first-order valence-corrected chi connectivity index (χ1v) is 7.15. The van der Waals surface area contributed by atoms with E-state index in [1.54, 1.807) is 12.1 Å². The van der Waals surface area contributed by atoms with Crippen molar-refractivity contribution in [1.29, 1.82) is 0 Å². The second-order valence-corrected chi connectivity index (χ2v) is 5.62. The van der Waals surface area contributed by atoms with E-state index in [0.717, 1.165) is 17.8 Å². The fourth-order valence-electron chi connectivity index (χ4n) is 3.17. The zero-order chi connectivity index (χ0) is 13.7. The number of allylic oxidation sites excluding steroid dienone is 2. The summed E-state index contributed by atoms with van der Waals surface area (Å²) in [6.45, 7) is 0. The van der Waals surface area contributed by atoms with Crippen LogP contribution in [-0.2, 0) is 5.88 Å². The summed E-state index contributed by atoms with van der Waals surface area (Å²) in [6, 6.07) is 6.76. The summed E-state index contributed by atoms with van der Waals surface area (Å²) < 4.78 is 18.3. The first-order chi connectivity index (χ1) is 9.76. The highest BCUT2D eigenvalue weighted by Crippen LogP contribution is 2.62. The number of fused-ring (bicyclic) bond motifs is 1. The summed E-state index contributed by atoms with van der Waals surface area (Å²) in [4.78, 5) is 4.29. The Bertz CT molecular complexity index is 697. The van der Waals surface area contributed by atoms with E-state index < -0.39 is 0 Å². The summed E-state index contributed by atoms with van der Waals surface area (Å²) in [6.07, 6.45) is 3.17. The van der Waals surface area contributed by atoms with Crippen molar-refractivity contribution in [3.8, 4) is 0 Å². The van der Waals surface area contributed by atoms with Gasteiger partial charge in [-0.1, -0.05) is 23.4 Å². The minimum atomic E-state index is -0.189. The lowest BCUT2D eigenvalue weighted by molar-refractivity contribution is 0.383. The first-order valence-electron chi connectivity index (χ1n) is 6.61. The molecule has 1 aromatic heterocycles. The van der Waals surface area contributed by atoms with E-state index in [1.165, 1.54) is 11.6 Å². The Hall–Kier alpha value is -1.68. The molecule has 0 aliphatic heterocycles. The van der Waals surface area contributed by atoms with Gasteiger partial charge in [-0.15, -0.1) is 11.6 Å². The van der Waals surface area contributed by atoms with Crippen LogP contribution in [-0.4, -0.2) is 10.1 Å². The van der Waals surface area contributed by atoms with Crippen molar-refractivity contribution in [2.75, 3.05) is 0 Å². The van der Waals surface area contributed by atoms with Gasteiger partial charge < -0.3 is 4.52 Å². The van der Waals surface area contributed by atoms with Crippen LogP contribution in [0.3, 0.4) is 0 Å². The van der Waals surface area contributed by atoms with Crippen LogP contribution in [0.15, 0.2) is 34.9 Å². The van der Waals surface area contributed by atoms with E-state index in [0.29, 0.717) is 23.6 Å².